The van der Waals surface area contributed by atoms with Crippen LogP contribution in [0, 0.1) is 11.3 Å². The van der Waals surface area contributed by atoms with Crippen molar-refractivity contribution in [2.45, 2.75) is 32.8 Å². The molecule has 0 saturated carbocycles. The van der Waals surface area contributed by atoms with Gasteiger partial charge in [-0.25, -0.2) is 14.6 Å². The van der Waals surface area contributed by atoms with E-state index in [1.807, 2.05) is 6.07 Å². The topological polar surface area (TPSA) is 125 Å². The quantitative estimate of drug-likeness (QED) is 0.537. The summed E-state index contributed by atoms with van der Waals surface area (Å²) < 4.78 is 10.9. The smallest absolute Gasteiger partial charge is 0.407 e. The Morgan fingerprint density at radius 2 is 1.97 bits per heavy atom. The largest absolute Gasteiger partial charge is 0.491 e. The Bertz CT molecular complexity index is 952. The summed E-state index contributed by atoms with van der Waals surface area (Å²) in [6.45, 7) is 6.04. The molecule has 0 unspecified atom stereocenters. The standard InChI is InChI=1S/C21H24ClN5O4/c1-21(2,3)31-20(29)24-9-4-10-30-17-7-6-15(22)11-16(17)26-19(28)27-18-8-5-14(12-23)13-25-18/h5-8,11,13H,4,9-10H2,1-3H3,(H,24,29)(H2,25,26,27,28). The number of anilines is 2. The number of halogens is 1. The molecule has 3 N–H and O–H groups in total. The second-order valence-electron chi connectivity index (χ2n) is 7.39. The van der Waals surface area contributed by atoms with Crippen molar-refractivity contribution in [1.82, 2.24) is 10.3 Å². The van der Waals surface area contributed by atoms with Gasteiger partial charge in [-0.3, -0.25) is 5.32 Å². The Labute approximate surface area is 185 Å². The highest BCUT2D eigenvalue weighted by molar-refractivity contribution is 6.31. The molecule has 0 aliphatic rings. The van der Waals surface area contributed by atoms with Crippen LogP contribution in [-0.4, -0.2) is 35.9 Å². The van der Waals surface area contributed by atoms with Crippen LogP contribution in [0.15, 0.2) is 36.5 Å². The lowest BCUT2D eigenvalue weighted by atomic mass is 10.2. The van der Waals surface area contributed by atoms with Gasteiger partial charge in [0.2, 0.25) is 0 Å². The highest BCUT2D eigenvalue weighted by atomic mass is 35.5. The normalized spacial score (nSPS) is 10.5. The van der Waals surface area contributed by atoms with Crippen LogP contribution in [0.1, 0.15) is 32.8 Å². The summed E-state index contributed by atoms with van der Waals surface area (Å²) in [7, 11) is 0. The van der Waals surface area contributed by atoms with E-state index in [-0.39, 0.29) is 5.82 Å². The van der Waals surface area contributed by atoms with Crippen molar-refractivity contribution >= 4 is 35.2 Å². The van der Waals surface area contributed by atoms with Crippen molar-refractivity contribution in [3.8, 4) is 11.8 Å². The van der Waals surface area contributed by atoms with Crippen LogP contribution in [-0.2, 0) is 4.74 Å². The van der Waals surface area contributed by atoms with Gasteiger partial charge in [0.15, 0.2) is 0 Å². The zero-order valence-electron chi connectivity index (χ0n) is 17.5. The number of nitrogens with zero attached hydrogens (tertiary/aromatic N) is 2. The van der Waals surface area contributed by atoms with E-state index >= 15 is 0 Å². The maximum Gasteiger partial charge on any atom is 0.407 e. The number of alkyl carbamates (subject to hydrolysis) is 1. The number of benzene rings is 1. The predicted octanol–water partition coefficient (Wildman–Crippen LogP) is 4.54. The first-order valence-electron chi connectivity index (χ1n) is 9.49. The number of pyridine rings is 1. The number of aromatic nitrogens is 1. The molecule has 1 heterocycles. The minimum absolute atomic E-state index is 0.286. The first-order valence-corrected chi connectivity index (χ1v) is 9.87. The van der Waals surface area contributed by atoms with Crippen molar-refractivity contribution in [2.24, 2.45) is 0 Å². The van der Waals surface area contributed by atoms with Crippen molar-refractivity contribution in [3.63, 3.8) is 0 Å². The van der Waals surface area contributed by atoms with Gasteiger partial charge < -0.3 is 20.1 Å². The summed E-state index contributed by atoms with van der Waals surface area (Å²) in [5.41, 5.74) is 0.203. The molecule has 164 valence electrons. The molecule has 0 radical (unpaired) electrons. The average molecular weight is 446 g/mol. The molecule has 0 aliphatic carbocycles. The molecule has 0 bridgehead atoms. The minimum Gasteiger partial charge on any atom is -0.491 e. The summed E-state index contributed by atoms with van der Waals surface area (Å²) in [4.78, 5) is 27.9. The lowest BCUT2D eigenvalue weighted by Gasteiger charge is -2.19. The summed E-state index contributed by atoms with van der Waals surface area (Å²) in [5.74, 6) is 0.707. The fourth-order valence-electron chi connectivity index (χ4n) is 2.29. The molecular formula is C21H24ClN5O4. The van der Waals surface area contributed by atoms with E-state index in [0.717, 1.165) is 0 Å². The molecule has 0 aliphatic heterocycles. The van der Waals surface area contributed by atoms with E-state index in [4.69, 9.17) is 26.3 Å². The molecule has 3 amide bonds. The van der Waals surface area contributed by atoms with E-state index < -0.39 is 17.7 Å². The number of carbonyl (C=O) groups is 2. The molecule has 1 aromatic carbocycles. The van der Waals surface area contributed by atoms with Gasteiger partial charge >= 0.3 is 12.1 Å². The predicted molar refractivity (Wildman–Crippen MR) is 117 cm³/mol. The van der Waals surface area contributed by atoms with Crippen LogP contribution in [0.25, 0.3) is 0 Å². The summed E-state index contributed by atoms with van der Waals surface area (Å²) in [6, 6.07) is 9.31. The molecule has 0 spiro atoms. The summed E-state index contributed by atoms with van der Waals surface area (Å²) in [5, 5.41) is 17.1. The van der Waals surface area contributed by atoms with Crippen LogP contribution in [0.5, 0.6) is 5.75 Å². The van der Waals surface area contributed by atoms with Crippen molar-refractivity contribution in [1.29, 1.82) is 5.26 Å². The van der Waals surface area contributed by atoms with Gasteiger partial charge in [-0.15, -0.1) is 0 Å². The third-order valence-electron chi connectivity index (χ3n) is 3.57. The number of hydrogen-bond donors (Lipinski definition) is 3. The van der Waals surface area contributed by atoms with Gasteiger partial charge in [0.25, 0.3) is 0 Å². The van der Waals surface area contributed by atoms with Crippen LogP contribution in [0.3, 0.4) is 0 Å². The lowest BCUT2D eigenvalue weighted by Crippen LogP contribution is -2.33. The number of rotatable bonds is 7. The zero-order valence-corrected chi connectivity index (χ0v) is 18.2. The number of carbonyl (C=O) groups excluding carboxylic acids is 2. The summed E-state index contributed by atoms with van der Waals surface area (Å²) >= 11 is 6.03. The van der Waals surface area contributed by atoms with Gasteiger partial charge in [0.1, 0.15) is 23.2 Å². The maximum atomic E-state index is 12.3. The molecule has 0 saturated heterocycles. The van der Waals surface area contributed by atoms with E-state index in [0.29, 0.717) is 41.6 Å². The fraction of sp³-hybridized carbons (Fsp3) is 0.333. The molecule has 0 atom stereocenters. The molecular weight excluding hydrogens is 422 g/mol. The molecule has 1 aromatic heterocycles. The Kier molecular flexibility index (Phi) is 8.46. The van der Waals surface area contributed by atoms with Crippen molar-refractivity contribution < 1.29 is 19.1 Å². The number of amides is 3. The Morgan fingerprint density at radius 3 is 2.61 bits per heavy atom. The number of hydrogen-bond acceptors (Lipinski definition) is 6. The van der Waals surface area contributed by atoms with Gasteiger partial charge in [0, 0.05) is 17.8 Å². The van der Waals surface area contributed by atoms with Gasteiger partial charge in [0.05, 0.1) is 17.9 Å². The van der Waals surface area contributed by atoms with Gasteiger partial charge in [-0.05, 0) is 57.5 Å². The van der Waals surface area contributed by atoms with E-state index in [2.05, 4.69) is 20.9 Å². The lowest BCUT2D eigenvalue weighted by molar-refractivity contribution is 0.0525. The molecule has 2 rings (SSSR count). The first-order chi connectivity index (χ1) is 14.7. The van der Waals surface area contributed by atoms with Gasteiger partial charge in [-0.2, -0.15) is 5.26 Å². The molecule has 10 heteroatoms. The fourth-order valence-corrected chi connectivity index (χ4v) is 2.46. The Morgan fingerprint density at radius 1 is 1.19 bits per heavy atom. The minimum atomic E-state index is -0.557. The van der Waals surface area contributed by atoms with Crippen molar-refractivity contribution in [3.05, 3.63) is 47.1 Å². The molecule has 2 aromatic rings. The number of nitrogens with one attached hydrogen (secondary N) is 3. The third kappa shape index (κ3) is 8.80. The molecule has 9 nitrogen and oxygen atoms in total. The van der Waals surface area contributed by atoms with E-state index in [1.165, 1.54) is 12.3 Å². The van der Waals surface area contributed by atoms with Crippen LogP contribution in [0.4, 0.5) is 21.1 Å². The zero-order chi connectivity index (χ0) is 22.9. The highest BCUT2D eigenvalue weighted by Gasteiger charge is 2.15. The van der Waals surface area contributed by atoms with Crippen molar-refractivity contribution in [2.75, 3.05) is 23.8 Å². The monoisotopic (exact) mass is 445 g/mol. The highest BCUT2D eigenvalue weighted by Crippen LogP contribution is 2.28. The Balaban J connectivity index is 1.86. The maximum absolute atomic E-state index is 12.3. The first kappa shape index (κ1) is 23.8. The van der Waals surface area contributed by atoms with E-state index in [9.17, 15) is 9.59 Å². The molecule has 31 heavy (non-hydrogen) atoms. The van der Waals surface area contributed by atoms with Crippen LogP contribution in [0.2, 0.25) is 5.02 Å². The SMILES string of the molecule is CC(C)(C)OC(=O)NCCCOc1ccc(Cl)cc1NC(=O)Nc1ccc(C#N)cn1. The molecule has 0 fully saturated rings. The van der Waals surface area contributed by atoms with Crippen LogP contribution < -0.4 is 20.7 Å². The second kappa shape index (κ2) is 11.0. The second-order valence-corrected chi connectivity index (χ2v) is 7.83. The van der Waals surface area contributed by atoms with E-state index in [1.54, 1.807) is 45.0 Å². The third-order valence-corrected chi connectivity index (χ3v) is 3.81. The van der Waals surface area contributed by atoms with Gasteiger partial charge in [-0.1, -0.05) is 11.6 Å². The number of ether oxygens (including phenoxy) is 2. The number of urea groups is 1. The Hall–Kier alpha value is -3.51. The number of nitriles is 1. The van der Waals surface area contributed by atoms with Crippen LogP contribution >= 0.6 is 11.6 Å². The average Bonchev–Trinajstić information content (AvgIpc) is 2.68. The summed E-state index contributed by atoms with van der Waals surface area (Å²) in [6.07, 6.45) is 1.40.